The van der Waals surface area contributed by atoms with E-state index in [2.05, 4.69) is 4.98 Å². The van der Waals surface area contributed by atoms with Gasteiger partial charge in [0.25, 0.3) is 11.6 Å². The number of nitrogens with zero attached hydrogens (tertiary/aromatic N) is 3. The van der Waals surface area contributed by atoms with Gasteiger partial charge in [-0.05, 0) is 29.8 Å². The number of halogens is 1. The Labute approximate surface area is 186 Å². The highest BCUT2D eigenvalue weighted by atomic mass is 35.5. The number of hydrogen-bond donors (Lipinski definition) is 0. The van der Waals surface area contributed by atoms with Crippen LogP contribution in [0.5, 0.6) is 5.75 Å². The fourth-order valence-electron chi connectivity index (χ4n) is 3.06. The van der Waals surface area contributed by atoms with Crippen LogP contribution in [0.2, 0.25) is 5.02 Å². The molecule has 0 radical (unpaired) electrons. The number of nitro benzene ring substituents is 1. The number of ether oxygens (including phenoxy) is 1. The quantitative estimate of drug-likeness (QED) is 0.275. The van der Waals surface area contributed by atoms with E-state index >= 15 is 0 Å². The Morgan fingerprint density at radius 1 is 1.16 bits per heavy atom. The molecule has 0 saturated heterocycles. The molecule has 1 aromatic heterocycles. The van der Waals surface area contributed by atoms with Crippen LogP contribution in [0.25, 0.3) is 10.2 Å². The van der Waals surface area contributed by atoms with Crippen molar-refractivity contribution in [2.75, 3.05) is 12.0 Å². The van der Waals surface area contributed by atoms with Crippen molar-refractivity contribution < 1.29 is 14.5 Å². The van der Waals surface area contributed by atoms with Gasteiger partial charge in [-0.2, -0.15) is 0 Å². The highest BCUT2D eigenvalue weighted by Gasteiger charge is 2.25. The average Bonchev–Trinajstić information content (AvgIpc) is 3.20. The second kappa shape index (κ2) is 8.71. The van der Waals surface area contributed by atoms with Crippen LogP contribution in [0.15, 0.2) is 66.7 Å². The summed E-state index contributed by atoms with van der Waals surface area (Å²) in [5, 5.41) is 11.8. The molecule has 0 aliphatic carbocycles. The number of rotatable bonds is 6. The lowest BCUT2D eigenvalue weighted by Gasteiger charge is -2.20. The summed E-state index contributed by atoms with van der Waals surface area (Å²) < 4.78 is 6.13. The summed E-state index contributed by atoms with van der Waals surface area (Å²) in [6, 6.07) is 18.7. The monoisotopic (exact) mass is 453 g/mol. The van der Waals surface area contributed by atoms with Crippen LogP contribution in [-0.4, -0.2) is 22.9 Å². The van der Waals surface area contributed by atoms with Crippen molar-refractivity contribution in [3.63, 3.8) is 0 Å². The zero-order chi connectivity index (χ0) is 22.0. The summed E-state index contributed by atoms with van der Waals surface area (Å²) in [4.78, 5) is 30.3. The molecule has 1 heterocycles. The van der Waals surface area contributed by atoms with Crippen LogP contribution in [0, 0.1) is 10.1 Å². The Kier molecular flexibility index (Phi) is 5.83. The molecule has 31 heavy (non-hydrogen) atoms. The number of thiazole rings is 1. The first-order valence-corrected chi connectivity index (χ1v) is 10.4. The molecule has 0 bridgehead atoms. The first-order chi connectivity index (χ1) is 15.0. The Morgan fingerprint density at radius 2 is 1.94 bits per heavy atom. The molecule has 0 aliphatic rings. The molecule has 0 spiro atoms. The normalized spacial score (nSPS) is 10.8. The van der Waals surface area contributed by atoms with Gasteiger partial charge in [-0.1, -0.05) is 53.3 Å². The fourth-order valence-corrected chi connectivity index (χ4v) is 4.25. The molecular weight excluding hydrogens is 438 g/mol. The molecule has 4 rings (SSSR count). The fraction of sp³-hybridized carbons (Fsp3) is 0.0909. The van der Waals surface area contributed by atoms with E-state index in [1.807, 2.05) is 42.5 Å². The van der Waals surface area contributed by atoms with Crippen LogP contribution in [0.4, 0.5) is 10.8 Å². The summed E-state index contributed by atoms with van der Waals surface area (Å²) in [7, 11) is 1.58. The minimum atomic E-state index is -0.557. The van der Waals surface area contributed by atoms with Gasteiger partial charge in [0.05, 0.1) is 39.4 Å². The first kappa shape index (κ1) is 20.8. The molecule has 0 unspecified atom stereocenters. The summed E-state index contributed by atoms with van der Waals surface area (Å²) in [5.74, 6) is 0.217. The predicted molar refractivity (Wildman–Crippen MR) is 121 cm³/mol. The van der Waals surface area contributed by atoms with E-state index in [0.29, 0.717) is 10.9 Å². The third-order valence-corrected chi connectivity index (χ3v) is 6.01. The van der Waals surface area contributed by atoms with E-state index < -0.39 is 10.8 Å². The van der Waals surface area contributed by atoms with E-state index in [0.717, 1.165) is 15.8 Å². The van der Waals surface area contributed by atoms with E-state index in [9.17, 15) is 14.9 Å². The molecule has 0 saturated carbocycles. The first-order valence-electron chi connectivity index (χ1n) is 9.20. The number of carbonyl (C=O) groups is 1. The summed E-state index contributed by atoms with van der Waals surface area (Å²) in [6.07, 6.45) is 0. The number of fused-ring (bicyclic) bond motifs is 1. The standard InChI is InChI=1S/C22H16ClN3O4S/c1-30-16-8-10-19-20(12-16)31-22(24-19)25(13-14-5-3-2-4-6-14)21(27)17-11-15(26(28)29)7-9-18(17)23/h2-12H,13H2,1H3. The van der Waals surface area contributed by atoms with Gasteiger partial charge in [-0.15, -0.1) is 0 Å². The number of amides is 1. The Bertz CT molecular complexity index is 1280. The third kappa shape index (κ3) is 4.35. The average molecular weight is 454 g/mol. The Morgan fingerprint density at radius 3 is 2.65 bits per heavy atom. The number of methoxy groups -OCH3 is 1. The van der Waals surface area contributed by atoms with E-state index in [-0.39, 0.29) is 22.8 Å². The zero-order valence-electron chi connectivity index (χ0n) is 16.3. The maximum absolute atomic E-state index is 13.5. The van der Waals surface area contributed by atoms with Crippen molar-refractivity contribution in [1.82, 2.24) is 4.98 Å². The van der Waals surface area contributed by atoms with Crippen molar-refractivity contribution in [1.29, 1.82) is 0 Å². The summed E-state index contributed by atoms with van der Waals surface area (Å²) in [5.41, 5.74) is 1.44. The molecule has 4 aromatic rings. The van der Waals surface area contributed by atoms with Crippen LogP contribution in [-0.2, 0) is 6.54 Å². The maximum Gasteiger partial charge on any atom is 0.270 e. The van der Waals surface area contributed by atoms with Crippen molar-refractivity contribution in [2.24, 2.45) is 0 Å². The molecule has 0 fully saturated rings. The van der Waals surface area contributed by atoms with Gasteiger partial charge in [0.15, 0.2) is 5.13 Å². The van der Waals surface area contributed by atoms with Crippen molar-refractivity contribution in [3.8, 4) is 5.75 Å². The van der Waals surface area contributed by atoms with Crippen LogP contribution >= 0.6 is 22.9 Å². The third-order valence-electron chi connectivity index (χ3n) is 4.64. The Balaban J connectivity index is 1.80. The SMILES string of the molecule is COc1ccc2nc(N(Cc3ccccc3)C(=O)c3cc([N+](=O)[O-])ccc3Cl)sc2c1. The summed E-state index contributed by atoms with van der Waals surface area (Å²) in [6.45, 7) is 0.232. The van der Waals surface area contributed by atoms with Crippen molar-refractivity contribution in [3.05, 3.63) is 93.0 Å². The Hall–Kier alpha value is -3.49. The lowest BCUT2D eigenvalue weighted by molar-refractivity contribution is -0.384. The maximum atomic E-state index is 13.5. The molecule has 0 atom stereocenters. The van der Waals surface area contributed by atoms with E-state index in [1.54, 1.807) is 13.2 Å². The molecule has 7 nitrogen and oxygen atoms in total. The number of anilines is 1. The van der Waals surface area contributed by atoms with Crippen LogP contribution in [0.3, 0.4) is 0 Å². The second-order valence-electron chi connectivity index (χ2n) is 6.63. The molecule has 156 valence electrons. The summed E-state index contributed by atoms with van der Waals surface area (Å²) >= 11 is 7.58. The largest absolute Gasteiger partial charge is 0.497 e. The second-order valence-corrected chi connectivity index (χ2v) is 8.04. The molecule has 9 heteroatoms. The molecule has 0 N–H and O–H groups in total. The number of nitro groups is 1. The minimum Gasteiger partial charge on any atom is -0.497 e. The van der Waals surface area contributed by atoms with Gasteiger partial charge in [-0.3, -0.25) is 19.8 Å². The lowest BCUT2D eigenvalue weighted by atomic mass is 10.1. The van der Waals surface area contributed by atoms with Gasteiger partial charge >= 0.3 is 0 Å². The number of aromatic nitrogens is 1. The van der Waals surface area contributed by atoms with Gasteiger partial charge < -0.3 is 4.74 Å². The van der Waals surface area contributed by atoms with E-state index in [1.165, 1.54) is 34.4 Å². The zero-order valence-corrected chi connectivity index (χ0v) is 17.9. The minimum absolute atomic E-state index is 0.0450. The smallest absolute Gasteiger partial charge is 0.270 e. The predicted octanol–water partition coefficient (Wildman–Crippen LogP) is 5.71. The number of benzene rings is 3. The molecule has 3 aromatic carbocycles. The molecular formula is C22H16ClN3O4S. The van der Waals surface area contributed by atoms with Gasteiger partial charge in [0, 0.05) is 12.1 Å². The highest BCUT2D eigenvalue weighted by Crippen LogP contribution is 2.34. The van der Waals surface area contributed by atoms with Gasteiger partial charge in [-0.25, -0.2) is 4.98 Å². The van der Waals surface area contributed by atoms with Crippen LogP contribution in [0.1, 0.15) is 15.9 Å². The number of carbonyl (C=O) groups excluding carboxylic acids is 1. The van der Waals surface area contributed by atoms with Gasteiger partial charge in [0.1, 0.15) is 5.75 Å². The number of hydrogen-bond acceptors (Lipinski definition) is 6. The lowest BCUT2D eigenvalue weighted by Crippen LogP contribution is -2.30. The van der Waals surface area contributed by atoms with Crippen molar-refractivity contribution in [2.45, 2.75) is 6.54 Å². The topological polar surface area (TPSA) is 85.6 Å². The molecule has 0 aliphatic heterocycles. The van der Waals surface area contributed by atoms with Crippen LogP contribution < -0.4 is 9.64 Å². The molecule has 1 amide bonds. The highest BCUT2D eigenvalue weighted by molar-refractivity contribution is 7.22. The van der Waals surface area contributed by atoms with Gasteiger partial charge in [0.2, 0.25) is 0 Å². The number of non-ortho nitro benzene ring substituents is 1. The van der Waals surface area contributed by atoms with E-state index in [4.69, 9.17) is 16.3 Å². The van der Waals surface area contributed by atoms with Crippen molar-refractivity contribution >= 4 is 49.9 Å².